The Balaban J connectivity index is 1.80. The first-order valence-corrected chi connectivity index (χ1v) is 9.13. The highest BCUT2D eigenvalue weighted by molar-refractivity contribution is 5.66. The van der Waals surface area contributed by atoms with Gasteiger partial charge in [0.15, 0.2) is 5.82 Å². The number of hydrogen-bond donors (Lipinski definition) is 1. The Bertz CT molecular complexity index is 853. The summed E-state index contributed by atoms with van der Waals surface area (Å²) in [6, 6.07) is 16.3. The van der Waals surface area contributed by atoms with Crippen molar-refractivity contribution in [2.45, 2.75) is 13.3 Å². The highest BCUT2D eigenvalue weighted by Gasteiger charge is 2.15. The van der Waals surface area contributed by atoms with Gasteiger partial charge >= 0.3 is 0 Å². The van der Waals surface area contributed by atoms with Gasteiger partial charge in [0.2, 0.25) is 0 Å². The van der Waals surface area contributed by atoms with Gasteiger partial charge in [-0.25, -0.2) is 9.97 Å². The molecule has 1 aromatic carbocycles. The SMILES string of the molecule is Cc1ccc(-c2nc(-c3ccccn3)cc(N3CCCNCC3)n2)cc1. The van der Waals surface area contributed by atoms with E-state index < -0.39 is 0 Å². The second kappa shape index (κ2) is 7.62. The molecule has 0 amide bonds. The summed E-state index contributed by atoms with van der Waals surface area (Å²) in [5.74, 6) is 1.72. The molecule has 0 atom stereocenters. The van der Waals surface area contributed by atoms with E-state index in [1.54, 1.807) is 6.20 Å². The molecular formula is C21H23N5. The molecule has 1 fully saturated rings. The number of anilines is 1. The number of hydrogen-bond acceptors (Lipinski definition) is 5. The zero-order valence-corrected chi connectivity index (χ0v) is 15.0. The Morgan fingerprint density at radius 3 is 2.62 bits per heavy atom. The number of aryl methyl sites for hydroxylation is 1. The Hall–Kier alpha value is -2.79. The molecule has 0 unspecified atom stereocenters. The van der Waals surface area contributed by atoms with E-state index in [9.17, 15) is 0 Å². The standard InChI is InChI=1S/C21H23N5/c1-16-6-8-17(9-7-16)21-24-19(18-5-2-3-11-23-18)15-20(25-21)26-13-4-10-22-12-14-26/h2-3,5-9,11,15,22H,4,10,12-14H2,1H3. The lowest BCUT2D eigenvalue weighted by atomic mass is 10.1. The molecule has 1 N–H and O–H groups in total. The summed E-state index contributed by atoms with van der Waals surface area (Å²) in [7, 11) is 0. The van der Waals surface area contributed by atoms with Gasteiger partial charge in [0.05, 0.1) is 11.4 Å². The number of nitrogens with one attached hydrogen (secondary N) is 1. The van der Waals surface area contributed by atoms with E-state index in [1.807, 2.05) is 18.2 Å². The van der Waals surface area contributed by atoms with Gasteiger partial charge in [-0.15, -0.1) is 0 Å². The fourth-order valence-corrected chi connectivity index (χ4v) is 3.15. The van der Waals surface area contributed by atoms with Crippen LogP contribution in [0.1, 0.15) is 12.0 Å². The van der Waals surface area contributed by atoms with Crippen LogP contribution >= 0.6 is 0 Å². The van der Waals surface area contributed by atoms with E-state index in [-0.39, 0.29) is 0 Å². The van der Waals surface area contributed by atoms with Crippen LogP contribution in [0.3, 0.4) is 0 Å². The van der Waals surface area contributed by atoms with Gasteiger partial charge in [-0.05, 0) is 32.0 Å². The molecule has 132 valence electrons. The molecule has 0 spiro atoms. The summed E-state index contributed by atoms with van der Waals surface area (Å²) in [6.07, 6.45) is 2.92. The first-order valence-electron chi connectivity index (χ1n) is 9.13. The molecule has 1 aliphatic heterocycles. The van der Waals surface area contributed by atoms with Crippen LogP contribution in [0.25, 0.3) is 22.8 Å². The fraction of sp³-hybridized carbons (Fsp3) is 0.286. The molecule has 3 aromatic rings. The molecule has 0 saturated carbocycles. The molecule has 0 bridgehead atoms. The van der Waals surface area contributed by atoms with Crippen molar-refractivity contribution in [1.82, 2.24) is 20.3 Å². The lowest BCUT2D eigenvalue weighted by molar-refractivity contribution is 0.724. The summed E-state index contributed by atoms with van der Waals surface area (Å²) in [4.78, 5) is 16.5. The van der Waals surface area contributed by atoms with E-state index in [4.69, 9.17) is 9.97 Å². The fourth-order valence-electron chi connectivity index (χ4n) is 3.15. The first kappa shape index (κ1) is 16.7. The Kier molecular flexibility index (Phi) is 4.88. The van der Waals surface area contributed by atoms with Gasteiger partial charge < -0.3 is 10.2 Å². The summed E-state index contributed by atoms with van der Waals surface area (Å²) in [5, 5.41) is 3.45. The van der Waals surface area contributed by atoms with E-state index in [0.29, 0.717) is 0 Å². The molecule has 5 heteroatoms. The van der Waals surface area contributed by atoms with Crippen molar-refractivity contribution in [3.63, 3.8) is 0 Å². The van der Waals surface area contributed by atoms with Gasteiger partial charge in [-0.3, -0.25) is 4.98 Å². The van der Waals surface area contributed by atoms with Gasteiger partial charge in [0.25, 0.3) is 0 Å². The van der Waals surface area contributed by atoms with Crippen LogP contribution in [0.5, 0.6) is 0 Å². The third-order valence-electron chi connectivity index (χ3n) is 4.61. The maximum Gasteiger partial charge on any atom is 0.162 e. The lowest BCUT2D eigenvalue weighted by Gasteiger charge is -2.22. The number of pyridine rings is 1. The van der Waals surface area contributed by atoms with Crippen molar-refractivity contribution in [3.05, 3.63) is 60.3 Å². The monoisotopic (exact) mass is 345 g/mol. The zero-order valence-electron chi connectivity index (χ0n) is 15.0. The molecule has 26 heavy (non-hydrogen) atoms. The molecule has 2 aromatic heterocycles. The number of benzene rings is 1. The van der Waals surface area contributed by atoms with Gasteiger partial charge in [0, 0.05) is 37.5 Å². The summed E-state index contributed by atoms with van der Waals surface area (Å²) < 4.78 is 0. The third-order valence-corrected chi connectivity index (χ3v) is 4.61. The number of rotatable bonds is 3. The topological polar surface area (TPSA) is 53.9 Å². The minimum atomic E-state index is 0.750. The van der Waals surface area contributed by atoms with E-state index in [0.717, 1.165) is 61.2 Å². The van der Waals surface area contributed by atoms with Gasteiger partial charge in [0.1, 0.15) is 5.82 Å². The molecule has 1 aliphatic rings. The first-order chi connectivity index (χ1) is 12.8. The van der Waals surface area contributed by atoms with Crippen molar-refractivity contribution < 1.29 is 0 Å². The zero-order chi connectivity index (χ0) is 17.8. The summed E-state index contributed by atoms with van der Waals surface area (Å²) in [5.41, 5.74) is 4.00. The maximum atomic E-state index is 4.88. The highest BCUT2D eigenvalue weighted by Crippen LogP contribution is 2.25. The Morgan fingerprint density at radius 1 is 0.923 bits per heavy atom. The van der Waals surface area contributed by atoms with Gasteiger partial charge in [-0.2, -0.15) is 0 Å². The molecule has 4 rings (SSSR count). The second-order valence-electron chi connectivity index (χ2n) is 6.61. The highest BCUT2D eigenvalue weighted by atomic mass is 15.2. The van der Waals surface area contributed by atoms with E-state index >= 15 is 0 Å². The molecular weight excluding hydrogens is 322 g/mol. The molecule has 5 nitrogen and oxygen atoms in total. The average molecular weight is 345 g/mol. The Labute approximate surface area is 154 Å². The van der Waals surface area contributed by atoms with Crippen LogP contribution in [0.15, 0.2) is 54.7 Å². The smallest absolute Gasteiger partial charge is 0.162 e. The molecule has 0 radical (unpaired) electrons. The normalized spacial score (nSPS) is 14.9. The minimum absolute atomic E-state index is 0.750. The predicted molar refractivity (Wildman–Crippen MR) is 105 cm³/mol. The lowest BCUT2D eigenvalue weighted by Crippen LogP contribution is -2.28. The molecule has 3 heterocycles. The van der Waals surface area contributed by atoms with Crippen molar-refractivity contribution in [2.24, 2.45) is 0 Å². The van der Waals surface area contributed by atoms with Crippen LogP contribution < -0.4 is 10.2 Å². The van der Waals surface area contributed by atoms with Crippen LogP contribution in [0.4, 0.5) is 5.82 Å². The molecule has 0 aliphatic carbocycles. The Morgan fingerprint density at radius 2 is 1.81 bits per heavy atom. The van der Waals surface area contributed by atoms with Crippen molar-refractivity contribution >= 4 is 5.82 Å². The van der Waals surface area contributed by atoms with Crippen LogP contribution in [0, 0.1) is 6.92 Å². The molecule has 1 saturated heterocycles. The van der Waals surface area contributed by atoms with Crippen molar-refractivity contribution in [3.8, 4) is 22.8 Å². The summed E-state index contributed by atoms with van der Waals surface area (Å²) in [6.45, 7) is 6.07. The largest absolute Gasteiger partial charge is 0.355 e. The van der Waals surface area contributed by atoms with Crippen LogP contribution in [-0.4, -0.2) is 41.1 Å². The van der Waals surface area contributed by atoms with Crippen molar-refractivity contribution in [2.75, 3.05) is 31.1 Å². The van der Waals surface area contributed by atoms with Gasteiger partial charge in [-0.1, -0.05) is 35.9 Å². The van der Waals surface area contributed by atoms with E-state index in [1.165, 1.54) is 5.56 Å². The minimum Gasteiger partial charge on any atom is -0.355 e. The van der Waals surface area contributed by atoms with Crippen LogP contribution in [0.2, 0.25) is 0 Å². The maximum absolute atomic E-state index is 4.88. The predicted octanol–water partition coefficient (Wildman–Crippen LogP) is 3.31. The van der Waals surface area contributed by atoms with Crippen molar-refractivity contribution in [1.29, 1.82) is 0 Å². The quantitative estimate of drug-likeness (QED) is 0.789. The number of nitrogens with zero attached hydrogens (tertiary/aromatic N) is 4. The third kappa shape index (κ3) is 3.73. The summed E-state index contributed by atoms with van der Waals surface area (Å²) >= 11 is 0. The average Bonchev–Trinajstić information content (AvgIpc) is 2.98. The number of aromatic nitrogens is 3. The van der Waals surface area contributed by atoms with Crippen LogP contribution in [-0.2, 0) is 0 Å². The van der Waals surface area contributed by atoms with E-state index in [2.05, 4.69) is 52.5 Å². The second-order valence-corrected chi connectivity index (χ2v) is 6.61.